The van der Waals surface area contributed by atoms with Gasteiger partial charge >= 0.3 is 0 Å². The molecule has 1 aromatic heterocycles. The molecule has 0 amide bonds. The fraction of sp³-hybridized carbons (Fsp3) is 0.357. The molecular weight excluding hydrogens is 276 g/mol. The van der Waals surface area contributed by atoms with Crippen molar-refractivity contribution in [2.75, 3.05) is 13.1 Å². The van der Waals surface area contributed by atoms with Crippen molar-refractivity contribution in [3.63, 3.8) is 0 Å². The molecule has 0 N–H and O–H groups in total. The molecule has 3 rings (SSSR count). The first-order valence-corrected chi connectivity index (χ1v) is 6.94. The molecule has 1 aromatic carbocycles. The molecule has 1 saturated heterocycles. The van der Waals surface area contributed by atoms with E-state index >= 15 is 0 Å². The average Bonchev–Trinajstić information content (AvgIpc) is 2.75. The van der Waals surface area contributed by atoms with Crippen molar-refractivity contribution < 1.29 is 0 Å². The van der Waals surface area contributed by atoms with E-state index in [4.69, 9.17) is 4.98 Å². The fourth-order valence-electron chi connectivity index (χ4n) is 2.35. The van der Waals surface area contributed by atoms with Gasteiger partial charge in [0.05, 0.1) is 11.2 Å². The Kier molecular flexibility index (Phi) is 3.12. The Morgan fingerprint density at radius 2 is 2.12 bits per heavy atom. The number of hydrogen-bond donors (Lipinski definition) is 0. The van der Waals surface area contributed by atoms with Gasteiger partial charge in [0.1, 0.15) is 0 Å². The zero-order valence-electron chi connectivity index (χ0n) is 9.64. The maximum Gasteiger partial charge on any atom is 0.0705 e. The Hall–Kier alpha value is -0.930. The molecule has 2 aromatic rings. The van der Waals surface area contributed by atoms with E-state index in [2.05, 4.69) is 51.2 Å². The summed E-state index contributed by atoms with van der Waals surface area (Å²) in [5.74, 6) is 0. The summed E-state index contributed by atoms with van der Waals surface area (Å²) in [6.45, 7) is 3.27. The molecule has 1 aliphatic heterocycles. The summed E-state index contributed by atoms with van der Waals surface area (Å²) >= 11 is 3.67. The van der Waals surface area contributed by atoms with E-state index in [1.54, 1.807) is 0 Å². The first kappa shape index (κ1) is 11.2. The van der Waals surface area contributed by atoms with Crippen molar-refractivity contribution in [3.05, 3.63) is 42.1 Å². The van der Waals surface area contributed by atoms with E-state index in [-0.39, 0.29) is 0 Å². The third-order valence-electron chi connectivity index (χ3n) is 3.26. The van der Waals surface area contributed by atoms with Crippen LogP contribution in [-0.4, -0.2) is 27.8 Å². The predicted octanol–water partition coefficient (Wildman–Crippen LogP) is 3.20. The van der Waals surface area contributed by atoms with Gasteiger partial charge in [-0.1, -0.05) is 40.2 Å². The second-order valence-electron chi connectivity index (χ2n) is 4.62. The van der Waals surface area contributed by atoms with Crippen molar-refractivity contribution >= 4 is 26.8 Å². The molecule has 0 aliphatic carbocycles. The molecule has 1 atom stereocenters. The Morgan fingerprint density at radius 3 is 2.94 bits per heavy atom. The molecule has 2 heterocycles. The predicted molar refractivity (Wildman–Crippen MR) is 74.4 cm³/mol. The summed E-state index contributed by atoms with van der Waals surface area (Å²) < 4.78 is 0. The number of alkyl halides is 1. The van der Waals surface area contributed by atoms with Gasteiger partial charge < -0.3 is 0 Å². The number of hydrogen-bond acceptors (Lipinski definition) is 2. The zero-order chi connectivity index (χ0) is 11.7. The highest BCUT2D eigenvalue weighted by Gasteiger charge is 2.20. The van der Waals surface area contributed by atoms with Gasteiger partial charge in [-0.25, -0.2) is 0 Å². The van der Waals surface area contributed by atoms with Crippen LogP contribution in [0.3, 0.4) is 0 Å². The van der Waals surface area contributed by atoms with Crippen LogP contribution in [0, 0.1) is 0 Å². The number of benzene rings is 1. The lowest BCUT2D eigenvalue weighted by Crippen LogP contribution is -2.20. The van der Waals surface area contributed by atoms with Gasteiger partial charge in [0, 0.05) is 23.3 Å². The lowest BCUT2D eigenvalue weighted by atomic mass is 10.2. The lowest BCUT2D eigenvalue weighted by molar-refractivity contribution is 0.329. The van der Waals surface area contributed by atoms with Crippen molar-refractivity contribution in [2.45, 2.75) is 17.8 Å². The summed E-state index contributed by atoms with van der Waals surface area (Å²) in [6.07, 6.45) is 1.24. The van der Waals surface area contributed by atoms with E-state index in [9.17, 15) is 0 Å². The Balaban J connectivity index is 1.81. The third-order valence-corrected chi connectivity index (χ3v) is 4.00. The number of rotatable bonds is 2. The van der Waals surface area contributed by atoms with Gasteiger partial charge in [-0.15, -0.1) is 0 Å². The van der Waals surface area contributed by atoms with Crippen LogP contribution in [0.1, 0.15) is 12.1 Å². The average molecular weight is 291 g/mol. The fourth-order valence-corrected chi connectivity index (χ4v) is 2.97. The monoisotopic (exact) mass is 290 g/mol. The lowest BCUT2D eigenvalue weighted by Gasteiger charge is -2.14. The molecule has 1 unspecified atom stereocenters. The van der Waals surface area contributed by atoms with Gasteiger partial charge in [-0.2, -0.15) is 0 Å². The Morgan fingerprint density at radius 1 is 1.24 bits per heavy atom. The molecule has 0 bridgehead atoms. The first-order valence-electron chi connectivity index (χ1n) is 6.02. The molecule has 0 saturated carbocycles. The molecule has 0 radical (unpaired) electrons. The van der Waals surface area contributed by atoms with Crippen molar-refractivity contribution in [3.8, 4) is 0 Å². The second kappa shape index (κ2) is 4.75. The van der Waals surface area contributed by atoms with E-state index < -0.39 is 0 Å². The number of halogens is 1. The maximum atomic E-state index is 4.71. The molecule has 3 heteroatoms. The molecule has 17 heavy (non-hydrogen) atoms. The largest absolute Gasteiger partial charge is 0.296 e. The van der Waals surface area contributed by atoms with E-state index in [1.807, 2.05) is 6.07 Å². The highest BCUT2D eigenvalue weighted by atomic mass is 79.9. The first-order chi connectivity index (χ1) is 8.31. The SMILES string of the molecule is BrC1CCN(Cc2ccc3ccccc3n2)C1. The minimum Gasteiger partial charge on any atom is -0.296 e. The van der Waals surface area contributed by atoms with Crippen LogP contribution >= 0.6 is 15.9 Å². The van der Waals surface area contributed by atoms with Crippen LogP contribution in [0.15, 0.2) is 36.4 Å². The number of nitrogens with zero attached hydrogens (tertiary/aromatic N) is 2. The quantitative estimate of drug-likeness (QED) is 0.790. The highest BCUT2D eigenvalue weighted by Crippen LogP contribution is 2.19. The summed E-state index contributed by atoms with van der Waals surface area (Å²) in [5, 5.41) is 1.22. The van der Waals surface area contributed by atoms with E-state index in [0.29, 0.717) is 4.83 Å². The Labute approximate surface area is 110 Å². The van der Waals surface area contributed by atoms with Crippen LogP contribution < -0.4 is 0 Å². The number of fused-ring (bicyclic) bond motifs is 1. The summed E-state index contributed by atoms with van der Waals surface area (Å²) in [6, 6.07) is 12.6. The zero-order valence-corrected chi connectivity index (χ0v) is 11.2. The number of aromatic nitrogens is 1. The molecule has 1 fully saturated rings. The third kappa shape index (κ3) is 2.50. The summed E-state index contributed by atoms with van der Waals surface area (Å²) in [7, 11) is 0. The topological polar surface area (TPSA) is 16.1 Å². The molecule has 1 aliphatic rings. The van der Waals surface area contributed by atoms with Crippen LogP contribution in [0.5, 0.6) is 0 Å². The maximum absolute atomic E-state index is 4.71. The standard InChI is InChI=1S/C14H15BrN2/c15-12-7-8-17(9-12)10-13-6-5-11-3-1-2-4-14(11)16-13/h1-6,12H,7-10H2. The Bertz CT molecular complexity index is 526. The van der Waals surface area contributed by atoms with Gasteiger partial charge in [0.15, 0.2) is 0 Å². The minimum atomic E-state index is 0.656. The van der Waals surface area contributed by atoms with Crippen LogP contribution in [0.4, 0.5) is 0 Å². The van der Waals surface area contributed by atoms with Crippen LogP contribution in [0.2, 0.25) is 0 Å². The van der Waals surface area contributed by atoms with Crippen molar-refractivity contribution in [1.29, 1.82) is 0 Å². The molecule has 2 nitrogen and oxygen atoms in total. The normalized spacial score (nSPS) is 21.1. The summed E-state index contributed by atoms with van der Waals surface area (Å²) in [5.41, 5.74) is 2.27. The van der Waals surface area contributed by atoms with Gasteiger partial charge in [-0.3, -0.25) is 9.88 Å². The van der Waals surface area contributed by atoms with Crippen LogP contribution in [0.25, 0.3) is 10.9 Å². The number of pyridine rings is 1. The van der Waals surface area contributed by atoms with Gasteiger partial charge in [0.25, 0.3) is 0 Å². The number of likely N-dealkylation sites (tertiary alicyclic amines) is 1. The molecular formula is C14H15BrN2. The molecule has 0 spiro atoms. The van der Waals surface area contributed by atoms with Crippen LogP contribution in [-0.2, 0) is 6.54 Å². The summed E-state index contributed by atoms with van der Waals surface area (Å²) in [4.78, 5) is 7.82. The molecule has 88 valence electrons. The number of para-hydroxylation sites is 1. The second-order valence-corrected chi connectivity index (χ2v) is 5.91. The van der Waals surface area contributed by atoms with Gasteiger partial charge in [0.2, 0.25) is 0 Å². The highest BCUT2D eigenvalue weighted by molar-refractivity contribution is 9.09. The van der Waals surface area contributed by atoms with E-state index in [0.717, 1.165) is 18.6 Å². The minimum absolute atomic E-state index is 0.656. The van der Waals surface area contributed by atoms with Gasteiger partial charge in [-0.05, 0) is 25.1 Å². The van der Waals surface area contributed by atoms with E-state index in [1.165, 1.54) is 24.0 Å². The van der Waals surface area contributed by atoms with Crippen molar-refractivity contribution in [1.82, 2.24) is 9.88 Å². The van der Waals surface area contributed by atoms with Crippen molar-refractivity contribution in [2.24, 2.45) is 0 Å². The smallest absolute Gasteiger partial charge is 0.0705 e.